The molecule has 5 rings (SSSR count). The van der Waals surface area contributed by atoms with Crippen LogP contribution in [0.4, 0.5) is 11.4 Å². The van der Waals surface area contributed by atoms with Crippen LogP contribution in [0.25, 0.3) is 0 Å². The second-order valence-electron chi connectivity index (χ2n) is 8.80. The maximum atomic E-state index is 12.8. The average Bonchev–Trinajstić information content (AvgIpc) is 3.00. The van der Waals surface area contributed by atoms with Gasteiger partial charge in [0.25, 0.3) is 5.91 Å². The number of carbonyl (C=O) groups is 1. The highest BCUT2D eigenvalue weighted by molar-refractivity contribution is 6.31. The van der Waals surface area contributed by atoms with E-state index in [9.17, 15) is 4.79 Å². The molecule has 3 aromatic carbocycles. The molecular formula is C27H27ClN4O2. The molecule has 0 aliphatic carbocycles. The van der Waals surface area contributed by atoms with Gasteiger partial charge in [0.05, 0.1) is 5.56 Å². The van der Waals surface area contributed by atoms with Crippen molar-refractivity contribution in [1.82, 2.24) is 9.80 Å². The zero-order chi connectivity index (χ0) is 23.7. The monoisotopic (exact) mass is 474 g/mol. The van der Waals surface area contributed by atoms with Gasteiger partial charge in [0.15, 0.2) is 5.75 Å². The number of aliphatic imine (C=N–C) groups is 1. The van der Waals surface area contributed by atoms with Crippen molar-refractivity contribution in [1.29, 1.82) is 0 Å². The summed E-state index contributed by atoms with van der Waals surface area (Å²) >= 11 is 6.06. The number of amides is 1. The second kappa shape index (κ2) is 9.49. The first kappa shape index (κ1) is 22.4. The van der Waals surface area contributed by atoms with E-state index in [0.717, 1.165) is 54.8 Å². The van der Waals surface area contributed by atoms with Crippen LogP contribution in [0.15, 0.2) is 71.7 Å². The topological polar surface area (TPSA) is 57.2 Å². The van der Waals surface area contributed by atoms with E-state index in [1.54, 1.807) is 24.3 Å². The standard InChI is InChI=1S/C27H27ClN4O2/c1-18(2)31-12-14-32(15-13-31)26-22-17-21(29-27(33)19-6-5-7-20(28)16-19)10-11-24(22)34-25-9-4-3-8-23(25)30-26/h3-11,16-18H,12-15H2,1-2H3,(H,29,33). The number of fused-ring (bicyclic) bond motifs is 2. The Morgan fingerprint density at radius 1 is 0.971 bits per heavy atom. The van der Waals surface area contributed by atoms with Gasteiger partial charge in [0, 0.05) is 48.5 Å². The molecule has 3 aromatic rings. The van der Waals surface area contributed by atoms with Gasteiger partial charge in [-0.15, -0.1) is 0 Å². The molecule has 0 atom stereocenters. The van der Waals surface area contributed by atoms with Gasteiger partial charge < -0.3 is 15.0 Å². The molecule has 0 unspecified atom stereocenters. The Kier molecular flexibility index (Phi) is 6.26. The maximum Gasteiger partial charge on any atom is 0.255 e. The molecular weight excluding hydrogens is 448 g/mol. The summed E-state index contributed by atoms with van der Waals surface area (Å²) in [5.41, 5.74) is 2.83. The highest BCUT2D eigenvalue weighted by atomic mass is 35.5. The number of para-hydroxylation sites is 2. The molecule has 2 heterocycles. The fourth-order valence-electron chi connectivity index (χ4n) is 4.32. The van der Waals surface area contributed by atoms with Gasteiger partial charge in [-0.1, -0.05) is 29.8 Å². The summed E-state index contributed by atoms with van der Waals surface area (Å²) in [6, 6.07) is 20.9. The van der Waals surface area contributed by atoms with Gasteiger partial charge in [-0.25, -0.2) is 4.99 Å². The van der Waals surface area contributed by atoms with Crippen LogP contribution in [-0.4, -0.2) is 53.8 Å². The van der Waals surface area contributed by atoms with Crippen LogP contribution in [0.5, 0.6) is 11.5 Å². The molecule has 0 spiro atoms. The van der Waals surface area contributed by atoms with Crippen LogP contribution in [0.3, 0.4) is 0 Å². The number of nitrogens with zero attached hydrogens (tertiary/aromatic N) is 3. The van der Waals surface area contributed by atoms with E-state index in [2.05, 4.69) is 29.0 Å². The number of ether oxygens (including phenoxy) is 1. The normalized spacial score (nSPS) is 15.6. The summed E-state index contributed by atoms with van der Waals surface area (Å²) in [5.74, 6) is 2.08. The van der Waals surface area contributed by atoms with Crippen LogP contribution in [0, 0.1) is 0 Å². The zero-order valence-corrected chi connectivity index (χ0v) is 20.0. The lowest BCUT2D eigenvalue weighted by Crippen LogP contribution is -2.50. The van der Waals surface area contributed by atoms with E-state index in [1.807, 2.05) is 42.5 Å². The smallest absolute Gasteiger partial charge is 0.255 e. The van der Waals surface area contributed by atoms with E-state index >= 15 is 0 Å². The Morgan fingerprint density at radius 2 is 1.76 bits per heavy atom. The summed E-state index contributed by atoms with van der Waals surface area (Å²) in [6.07, 6.45) is 0. The first-order valence-corrected chi connectivity index (χ1v) is 11.9. The van der Waals surface area contributed by atoms with E-state index in [-0.39, 0.29) is 5.91 Å². The van der Waals surface area contributed by atoms with Gasteiger partial charge in [0.2, 0.25) is 0 Å². The van der Waals surface area contributed by atoms with Gasteiger partial charge in [0.1, 0.15) is 17.3 Å². The molecule has 0 bridgehead atoms. The first-order chi connectivity index (χ1) is 16.5. The lowest BCUT2D eigenvalue weighted by atomic mass is 10.1. The van der Waals surface area contributed by atoms with Crippen LogP contribution in [-0.2, 0) is 0 Å². The third-order valence-electron chi connectivity index (χ3n) is 6.22. The molecule has 2 aliphatic heterocycles. The van der Waals surface area contributed by atoms with Crippen molar-refractivity contribution in [2.45, 2.75) is 19.9 Å². The number of amidine groups is 1. The fraction of sp³-hybridized carbons (Fsp3) is 0.259. The Balaban J connectivity index is 1.49. The molecule has 1 amide bonds. The van der Waals surface area contributed by atoms with E-state index < -0.39 is 0 Å². The van der Waals surface area contributed by atoms with Crippen molar-refractivity contribution in [3.05, 3.63) is 82.9 Å². The van der Waals surface area contributed by atoms with Crippen molar-refractivity contribution in [3.8, 4) is 11.5 Å². The summed E-state index contributed by atoms with van der Waals surface area (Å²) in [6.45, 7) is 8.15. The molecule has 0 aromatic heterocycles. The van der Waals surface area contributed by atoms with E-state index in [4.69, 9.17) is 21.3 Å². The van der Waals surface area contributed by atoms with Gasteiger partial charge in [-0.05, 0) is 62.4 Å². The lowest BCUT2D eigenvalue weighted by molar-refractivity contribution is 0.102. The largest absolute Gasteiger partial charge is 0.454 e. The molecule has 7 heteroatoms. The quantitative estimate of drug-likeness (QED) is 0.521. The van der Waals surface area contributed by atoms with Crippen molar-refractivity contribution in [2.75, 3.05) is 31.5 Å². The number of halogens is 1. The summed E-state index contributed by atoms with van der Waals surface area (Å²) in [5, 5.41) is 3.51. The Morgan fingerprint density at radius 3 is 2.53 bits per heavy atom. The third kappa shape index (κ3) is 4.65. The van der Waals surface area contributed by atoms with Crippen molar-refractivity contribution < 1.29 is 9.53 Å². The van der Waals surface area contributed by atoms with Gasteiger partial charge in [-0.2, -0.15) is 0 Å². The number of piperazine rings is 1. The molecule has 6 nitrogen and oxygen atoms in total. The minimum absolute atomic E-state index is 0.218. The molecule has 2 aliphatic rings. The van der Waals surface area contributed by atoms with Crippen molar-refractivity contribution in [2.24, 2.45) is 4.99 Å². The molecule has 1 fully saturated rings. The Labute approximate surface area is 204 Å². The molecule has 0 radical (unpaired) electrons. The number of anilines is 1. The summed E-state index contributed by atoms with van der Waals surface area (Å²) in [7, 11) is 0. The van der Waals surface area contributed by atoms with Gasteiger partial charge >= 0.3 is 0 Å². The molecule has 34 heavy (non-hydrogen) atoms. The molecule has 174 valence electrons. The number of carbonyl (C=O) groups excluding carboxylic acids is 1. The van der Waals surface area contributed by atoms with E-state index in [1.165, 1.54) is 0 Å². The fourth-order valence-corrected chi connectivity index (χ4v) is 4.51. The number of rotatable bonds is 3. The van der Waals surface area contributed by atoms with Crippen LogP contribution in [0.2, 0.25) is 5.02 Å². The minimum Gasteiger partial charge on any atom is -0.454 e. The molecule has 1 saturated heterocycles. The second-order valence-corrected chi connectivity index (χ2v) is 9.23. The maximum absolute atomic E-state index is 12.8. The summed E-state index contributed by atoms with van der Waals surface area (Å²) < 4.78 is 6.26. The van der Waals surface area contributed by atoms with Gasteiger partial charge in [-0.3, -0.25) is 9.69 Å². The minimum atomic E-state index is -0.218. The number of hydrogen-bond acceptors (Lipinski definition) is 5. The van der Waals surface area contributed by atoms with E-state index in [0.29, 0.717) is 22.3 Å². The van der Waals surface area contributed by atoms with Crippen molar-refractivity contribution in [3.63, 3.8) is 0 Å². The SMILES string of the molecule is CC(C)N1CCN(C2=Nc3ccccc3Oc3ccc(NC(=O)c4cccc(Cl)c4)cc32)CC1. The average molecular weight is 475 g/mol. The summed E-state index contributed by atoms with van der Waals surface area (Å²) in [4.78, 5) is 22.6. The van der Waals surface area contributed by atoms with Crippen LogP contribution in [0.1, 0.15) is 29.8 Å². The Bertz CT molecular complexity index is 1250. The number of nitrogens with one attached hydrogen (secondary N) is 1. The Hall–Kier alpha value is -3.35. The predicted molar refractivity (Wildman–Crippen MR) is 137 cm³/mol. The number of hydrogen-bond donors (Lipinski definition) is 1. The third-order valence-corrected chi connectivity index (χ3v) is 6.46. The van der Waals surface area contributed by atoms with Crippen LogP contribution >= 0.6 is 11.6 Å². The predicted octanol–water partition coefficient (Wildman–Crippen LogP) is 5.80. The molecule has 0 saturated carbocycles. The molecule has 1 N–H and O–H groups in total. The van der Waals surface area contributed by atoms with Crippen molar-refractivity contribution >= 4 is 34.7 Å². The first-order valence-electron chi connectivity index (χ1n) is 11.5. The zero-order valence-electron chi connectivity index (χ0n) is 19.3. The number of benzene rings is 3. The highest BCUT2D eigenvalue weighted by Gasteiger charge is 2.27. The highest BCUT2D eigenvalue weighted by Crippen LogP contribution is 2.39. The van der Waals surface area contributed by atoms with Crippen LogP contribution < -0.4 is 10.1 Å². The lowest BCUT2D eigenvalue weighted by Gasteiger charge is -2.38.